The van der Waals surface area contributed by atoms with Gasteiger partial charge >= 0.3 is 5.97 Å². The van der Waals surface area contributed by atoms with Crippen LogP contribution in [0.3, 0.4) is 0 Å². The molecule has 0 unspecified atom stereocenters. The number of esters is 1. The van der Waals surface area contributed by atoms with Crippen molar-refractivity contribution in [3.8, 4) is 0 Å². The molecule has 0 saturated carbocycles. The van der Waals surface area contributed by atoms with Gasteiger partial charge in [0.15, 0.2) is 5.76 Å². The Morgan fingerprint density at radius 1 is 1.39 bits per heavy atom. The number of rotatable bonds is 4. The van der Waals surface area contributed by atoms with Gasteiger partial charge in [0.2, 0.25) is 0 Å². The van der Waals surface area contributed by atoms with E-state index in [0.29, 0.717) is 6.54 Å². The van der Waals surface area contributed by atoms with Gasteiger partial charge in [-0.2, -0.15) is 0 Å². The Labute approximate surface area is 106 Å². The molecule has 100 valence electrons. The molecule has 1 aromatic rings. The van der Waals surface area contributed by atoms with Crippen molar-refractivity contribution >= 4 is 5.97 Å². The van der Waals surface area contributed by atoms with Crippen molar-refractivity contribution < 1.29 is 14.1 Å². The fourth-order valence-electron chi connectivity index (χ4n) is 2.06. The highest BCUT2D eigenvalue weighted by Gasteiger charge is 2.20. The van der Waals surface area contributed by atoms with Crippen LogP contribution in [0.1, 0.15) is 11.5 Å². The van der Waals surface area contributed by atoms with E-state index in [4.69, 9.17) is 4.52 Å². The Morgan fingerprint density at radius 3 is 2.61 bits per heavy atom. The first kappa shape index (κ1) is 13.0. The quantitative estimate of drug-likeness (QED) is 0.718. The maximum absolute atomic E-state index is 11.2. The number of nitrogens with zero attached hydrogens (tertiary/aromatic N) is 3. The summed E-state index contributed by atoms with van der Waals surface area (Å²) in [5.74, 6) is 0.725. The standard InChI is InChI=1S/C12H19N3O3/c1-10-7-11(18-13-10)8-14-3-5-15(6-4-14)9-12(16)17-2/h7H,3-6,8-9H2,1-2H3. The molecule has 1 aliphatic heterocycles. The van der Waals surface area contributed by atoms with Gasteiger partial charge in [-0.05, 0) is 6.92 Å². The van der Waals surface area contributed by atoms with Crippen LogP contribution in [0.2, 0.25) is 0 Å². The van der Waals surface area contributed by atoms with Crippen LogP contribution in [-0.4, -0.2) is 60.8 Å². The molecule has 1 aliphatic rings. The average molecular weight is 253 g/mol. The molecule has 1 fully saturated rings. The maximum Gasteiger partial charge on any atom is 0.319 e. The molecule has 0 aliphatic carbocycles. The van der Waals surface area contributed by atoms with Crippen molar-refractivity contribution in [3.63, 3.8) is 0 Å². The molecule has 6 heteroatoms. The molecule has 18 heavy (non-hydrogen) atoms. The average Bonchev–Trinajstić information content (AvgIpc) is 2.77. The van der Waals surface area contributed by atoms with Gasteiger partial charge in [0.25, 0.3) is 0 Å². The Balaban J connectivity index is 1.75. The molecule has 0 radical (unpaired) electrons. The largest absolute Gasteiger partial charge is 0.468 e. The SMILES string of the molecule is COC(=O)CN1CCN(Cc2cc(C)no2)CC1. The number of carbonyl (C=O) groups excluding carboxylic acids is 1. The summed E-state index contributed by atoms with van der Waals surface area (Å²) in [6, 6.07) is 1.96. The van der Waals surface area contributed by atoms with Gasteiger partial charge in [-0.15, -0.1) is 0 Å². The Bertz CT molecular complexity index is 397. The number of methoxy groups -OCH3 is 1. The van der Waals surface area contributed by atoms with Crippen LogP contribution in [-0.2, 0) is 16.1 Å². The summed E-state index contributed by atoms with van der Waals surface area (Å²) >= 11 is 0. The van der Waals surface area contributed by atoms with Gasteiger partial charge in [0.1, 0.15) is 0 Å². The predicted octanol–water partition coefficient (Wildman–Crippen LogP) is 0.274. The number of carbonyl (C=O) groups is 1. The molecule has 2 heterocycles. The molecule has 0 atom stereocenters. The van der Waals surface area contributed by atoms with Crippen LogP contribution in [0.4, 0.5) is 0 Å². The highest BCUT2D eigenvalue weighted by Crippen LogP contribution is 2.09. The van der Waals surface area contributed by atoms with Gasteiger partial charge in [0.05, 0.1) is 25.9 Å². The zero-order chi connectivity index (χ0) is 13.0. The predicted molar refractivity (Wildman–Crippen MR) is 65.0 cm³/mol. The Morgan fingerprint density at radius 2 is 2.06 bits per heavy atom. The second-order valence-corrected chi connectivity index (χ2v) is 4.56. The molecule has 6 nitrogen and oxygen atoms in total. The van der Waals surface area contributed by atoms with E-state index < -0.39 is 0 Å². The number of aryl methyl sites for hydroxylation is 1. The van der Waals surface area contributed by atoms with Gasteiger partial charge in [-0.3, -0.25) is 14.6 Å². The molecular formula is C12H19N3O3. The minimum Gasteiger partial charge on any atom is -0.468 e. The van der Waals surface area contributed by atoms with Crippen molar-refractivity contribution in [1.82, 2.24) is 15.0 Å². The highest BCUT2D eigenvalue weighted by atomic mass is 16.5. The summed E-state index contributed by atoms with van der Waals surface area (Å²) in [7, 11) is 1.42. The molecule has 2 rings (SSSR count). The molecule has 0 aromatic carbocycles. The van der Waals surface area contributed by atoms with E-state index in [1.165, 1.54) is 7.11 Å². The lowest BCUT2D eigenvalue weighted by atomic mass is 10.3. The van der Waals surface area contributed by atoms with Crippen LogP contribution < -0.4 is 0 Å². The minimum absolute atomic E-state index is 0.172. The fourth-order valence-corrected chi connectivity index (χ4v) is 2.06. The number of aromatic nitrogens is 1. The van der Waals surface area contributed by atoms with Crippen LogP contribution in [0.25, 0.3) is 0 Å². The molecule has 1 aromatic heterocycles. The lowest BCUT2D eigenvalue weighted by molar-refractivity contribution is -0.142. The van der Waals surface area contributed by atoms with E-state index in [2.05, 4.69) is 19.7 Å². The summed E-state index contributed by atoms with van der Waals surface area (Å²) in [6.07, 6.45) is 0. The number of hydrogen-bond donors (Lipinski definition) is 0. The Kier molecular flexibility index (Phi) is 4.33. The second-order valence-electron chi connectivity index (χ2n) is 4.56. The van der Waals surface area contributed by atoms with Gasteiger partial charge in [0, 0.05) is 32.2 Å². The fraction of sp³-hybridized carbons (Fsp3) is 0.667. The third kappa shape index (κ3) is 3.54. The van der Waals surface area contributed by atoms with Crippen molar-refractivity contribution in [2.24, 2.45) is 0 Å². The van der Waals surface area contributed by atoms with E-state index in [0.717, 1.165) is 44.2 Å². The summed E-state index contributed by atoms with van der Waals surface area (Å²) in [5, 5.41) is 3.87. The molecule has 1 saturated heterocycles. The first-order chi connectivity index (χ1) is 8.67. The van der Waals surface area contributed by atoms with Crippen LogP contribution in [0.15, 0.2) is 10.6 Å². The van der Waals surface area contributed by atoms with Crippen molar-refractivity contribution in [2.45, 2.75) is 13.5 Å². The monoisotopic (exact) mass is 253 g/mol. The van der Waals surface area contributed by atoms with E-state index in [-0.39, 0.29) is 5.97 Å². The van der Waals surface area contributed by atoms with Gasteiger partial charge in [-0.1, -0.05) is 5.16 Å². The van der Waals surface area contributed by atoms with Crippen LogP contribution in [0, 0.1) is 6.92 Å². The third-order valence-electron chi connectivity index (χ3n) is 3.10. The van der Waals surface area contributed by atoms with Gasteiger partial charge in [-0.25, -0.2) is 0 Å². The lowest BCUT2D eigenvalue weighted by Gasteiger charge is -2.33. The number of piperazine rings is 1. The lowest BCUT2D eigenvalue weighted by Crippen LogP contribution is -2.47. The van der Waals surface area contributed by atoms with Crippen molar-refractivity contribution in [2.75, 3.05) is 39.8 Å². The Hall–Kier alpha value is -1.40. The zero-order valence-electron chi connectivity index (χ0n) is 10.9. The molecular weight excluding hydrogens is 234 g/mol. The summed E-state index contributed by atoms with van der Waals surface area (Å²) in [6.45, 7) is 6.69. The highest BCUT2D eigenvalue weighted by molar-refractivity contribution is 5.71. The third-order valence-corrected chi connectivity index (χ3v) is 3.10. The molecule has 0 N–H and O–H groups in total. The van der Waals surface area contributed by atoms with Crippen molar-refractivity contribution in [1.29, 1.82) is 0 Å². The summed E-state index contributed by atoms with van der Waals surface area (Å²) in [5.41, 5.74) is 0.911. The second kappa shape index (κ2) is 5.97. The zero-order valence-corrected chi connectivity index (χ0v) is 10.9. The van der Waals surface area contributed by atoms with Crippen LogP contribution >= 0.6 is 0 Å². The van der Waals surface area contributed by atoms with Crippen molar-refractivity contribution in [3.05, 3.63) is 17.5 Å². The number of ether oxygens (including phenoxy) is 1. The molecule has 0 bridgehead atoms. The van der Waals surface area contributed by atoms with E-state index in [1.807, 2.05) is 13.0 Å². The molecule has 0 amide bonds. The first-order valence-electron chi connectivity index (χ1n) is 6.11. The minimum atomic E-state index is -0.172. The smallest absolute Gasteiger partial charge is 0.319 e. The maximum atomic E-state index is 11.2. The van der Waals surface area contributed by atoms with E-state index in [9.17, 15) is 4.79 Å². The van der Waals surface area contributed by atoms with Gasteiger partial charge < -0.3 is 9.26 Å². The summed E-state index contributed by atoms with van der Waals surface area (Å²) < 4.78 is 9.86. The number of hydrogen-bond acceptors (Lipinski definition) is 6. The van der Waals surface area contributed by atoms with Crippen LogP contribution in [0.5, 0.6) is 0 Å². The van der Waals surface area contributed by atoms with E-state index >= 15 is 0 Å². The molecule has 0 spiro atoms. The topological polar surface area (TPSA) is 58.8 Å². The summed E-state index contributed by atoms with van der Waals surface area (Å²) in [4.78, 5) is 15.6. The van der Waals surface area contributed by atoms with E-state index in [1.54, 1.807) is 0 Å². The normalized spacial score (nSPS) is 17.9. The first-order valence-corrected chi connectivity index (χ1v) is 6.11.